The monoisotopic (exact) mass is 260 g/mol. The topological polar surface area (TPSA) is 24.9 Å². The van der Waals surface area contributed by atoms with Gasteiger partial charge in [0.2, 0.25) is 0 Å². The number of aryl methyl sites for hydroxylation is 1. The molecular weight excluding hydrogens is 232 g/mol. The maximum Gasteiger partial charge on any atom is 0.0422 e. The van der Waals surface area contributed by atoms with E-state index in [1.165, 1.54) is 56.3 Å². The van der Waals surface area contributed by atoms with E-state index in [-0.39, 0.29) is 0 Å². The predicted octanol–water partition coefficient (Wildman–Crippen LogP) is 3.89. The van der Waals surface area contributed by atoms with E-state index in [1.54, 1.807) is 0 Å². The average Bonchev–Trinajstić information content (AvgIpc) is 2.66. The summed E-state index contributed by atoms with van der Waals surface area (Å²) in [7, 11) is 0. The molecule has 1 aromatic rings. The van der Waals surface area contributed by atoms with Gasteiger partial charge in [-0.05, 0) is 43.9 Å². The number of rotatable bonds is 5. The van der Waals surface area contributed by atoms with Gasteiger partial charge in [0.15, 0.2) is 0 Å². The maximum absolute atomic E-state index is 4.66. The van der Waals surface area contributed by atoms with Crippen LogP contribution in [0.3, 0.4) is 0 Å². The third kappa shape index (κ3) is 4.04. The van der Waals surface area contributed by atoms with E-state index < -0.39 is 0 Å². The summed E-state index contributed by atoms with van der Waals surface area (Å²) in [6.07, 6.45) is 12.1. The van der Waals surface area contributed by atoms with Crippen LogP contribution in [-0.4, -0.2) is 17.1 Å². The quantitative estimate of drug-likeness (QED) is 0.869. The SMILES string of the molecule is CCCC1(Cc2ccc(CC)cn2)CCCCCN1. The molecule has 2 nitrogen and oxygen atoms in total. The Balaban J connectivity index is 2.09. The fourth-order valence-electron chi connectivity index (χ4n) is 3.25. The van der Waals surface area contributed by atoms with Crippen molar-refractivity contribution < 1.29 is 0 Å². The van der Waals surface area contributed by atoms with Crippen LogP contribution in [0.1, 0.15) is 63.6 Å². The van der Waals surface area contributed by atoms with Gasteiger partial charge >= 0.3 is 0 Å². The van der Waals surface area contributed by atoms with Crippen LogP contribution in [0.5, 0.6) is 0 Å². The Bertz CT molecular complexity index is 361. The van der Waals surface area contributed by atoms with Crippen LogP contribution in [0, 0.1) is 0 Å². The van der Waals surface area contributed by atoms with Crippen LogP contribution in [0.25, 0.3) is 0 Å². The first-order valence-corrected chi connectivity index (χ1v) is 7.97. The van der Waals surface area contributed by atoms with Gasteiger partial charge in [0, 0.05) is 23.9 Å². The van der Waals surface area contributed by atoms with Crippen molar-refractivity contribution in [3.63, 3.8) is 0 Å². The summed E-state index contributed by atoms with van der Waals surface area (Å²) < 4.78 is 0. The van der Waals surface area contributed by atoms with Gasteiger partial charge in [0.05, 0.1) is 0 Å². The second-order valence-corrected chi connectivity index (χ2v) is 5.96. The van der Waals surface area contributed by atoms with Crippen LogP contribution in [0.2, 0.25) is 0 Å². The first kappa shape index (κ1) is 14.5. The number of hydrogen-bond acceptors (Lipinski definition) is 2. The first-order valence-electron chi connectivity index (χ1n) is 7.97. The molecule has 0 bridgehead atoms. The van der Waals surface area contributed by atoms with E-state index in [1.807, 2.05) is 6.20 Å². The summed E-state index contributed by atoms with van der Waals surface area (Å²) in [6.45, 7) is 5.65. The molecule has 0 aliphatic carbocycles. The largest absolute Gasteiger partial charge is 0.311 e. The number of pyridine rings is 1. The van der Waals surface area contributed by atoms with Crippen LogP contribution in [-0.2, 0) is 12.8 Å². The molecule has 1 N–H and O–H groups in total. The lowest BCUT2D eigenvalue weighted by Gasteiger charge is -2.33. The Kier molecular flexibility index (Phi) is 5.38. The average molecular weight is 260 g/mol. The molecule has 0 aromatic carbocycles. The van der Waals surface area contributed by atoms with Gasteiger partial charge in [0.1, 0.15) is 0 Å². The van der Waals surface area contributed by atoms with Crippen LogP contribution in [0.15, 0.2) is 18.3 Å². The molecule has 106 valence electrons. The molecular formula is C17H28N2. The Morgan fingerprint density at radius 3 is 2.79 bits per heavy atom. The van der Waals surface area contributed by atoms with Gasteiger partial charge in [-0.3, -0.25) is 4.98 Å². The van der Waals surface area contributed by atoms with Crippen molar-refractivity contribution in [1.82, 2.24) is 10.3 Å². The second kappa shape index (κ2) is 7.04. The van der Waals surface area contributed by atoms with Crippen LogP contribution >= 0.6 is 0 Å². The zero-order valence-corrected chi connectivity index (χ0v) is 12.5. The molecule has 1 aliphatic heterocycles. The Hall–Kier alpha value is -0.890. The maximum atomic E-state index is 4.66. The molecule has 2 heteroatoms. The van der Waals surface area contributed by atoms with E-state index >= 15 is 0 Å². The smallest absolute Gasteiger partial charge is 0.0422 e. The highest BCUT2D eigenvalue weighted by Crippen LogP contribution is 2.27. The van der Waals surface area contributed by atoms with Crippen LogP contribution in [0.4, 0.5) is 0 Å². The highest BCUT2D eigenvalue weighted by Gasteiger charge is 2.30. The van der Waals surface area contributed by atoms with E-state index in [4.69, 9.17) is 0 Å². The summed E-state index contributed by atoms with van der Waals surface area (Å²) in [4.78, 5) is 4.66. The van der Waals surface area contributed by atoms with Gasteiger partial charge in [-0.25, -0.2) is 0 Å². The van der Waals surface area contributed by atoms with Gasteiger partial charge in [-0.2, -0.15) is 0 Å². The van der Waals surface area contributed by atoms with Crippen molar-refractivity contribution in [3.8, 4) is 0 Å². The summed E-state index contributed by atoms with van der Waals surface area (Å²) in [5, 5.41) is 3.83. The molecule has 1 unspecified atom stereocenters. The predicted molar refractivity (Wildman–Crippen MR) is 81.4 cm³/mol. The first-order chi connectivity index (χ1) is 9.28. The molecule has 1 saturated heterocycles. The normalized spacial score (nSPS) is 24.1. The molecule has 0 amide bonds. The lowest BCUT2D eigenvalue weighted by Crippen LogP contribution is -2.46. The highest BCUT2D eigenvalue weighted by atomic mass is 15.0. The lowest BCUT2D eigenvalue weighted by molar-refractivity contribution is 0.286. The Labute approximate surface area is 118 Å². The van der Waals surface area contributed by atoms with Crippen molar-refractivity contribution in [3.05, 3.63) is 29.6 Å². The molecule has 1 aliphatic rings. The molecule has 0 radical (unpaired) electrons. The standard InChI is InChI=1S/C17H28N2/c1-3-10-17(11-6-5-7-12-19-17)13-16-9-8-15(4-2)14-18-16/h8-9,14,19H,3-7,10-13H2,1-2H3. The van der Waals surface area contributed by atoms with Crippen molar-refractivity contribution in [2.24, 2.45) is 0 Å². The molecule has 1 fully saturated rings. The van der Waals surface area contributed by atoms with Crippen molar-refractivity contribution in [2.45, 2.75) is 70.8 Å². The van der Waals surface area contributed by atoms with Crippen molar-refractivity contribution in [1.29, 1.82) is 0 Å². The number of nitrogens with zero attached hydrogens (tertiary/aromatic N) is 1. The summed E-state index contributed by atoms with van der Waals surface area (Å²) >= 11 is 0. The fraction of sp³-hybridized carbons (Fsp3) is 0.706. The minimum Gasteiger partial charge on any atom is -0.311 e. The molecule has 2 heterocycles. The van der Waals surface area contributed by atoms with Gasteiger partial charge in [-0.15, -0.1) is 0 Å². The summed E-state index contributed by atoms with van der Waals surface area (Å²) in [5.41, 5.74) is 2.88. The third-order valence-electron chi connectivity index (χ3n) is 4.37. The highest BCUT2D eigenvalue weighted by molar-refractivity contribution is 5.16. The Morgan fingerprint density at radius 1 is 1.21 bits per heavy atom. The number of hydrogen-bond donors (Lipinski definition) is 1. The fourth-order valence-corrected chi connectivity index (χ4v) is 3.25. The molecule has 2 rings (SSSR count). The van der Waals surface area contributed by atoms with Crippen molar-refractivity contribution in [2.75, 3.05) is 6.54 Å². The Morgan fingerprint density at radius 2 is 2.11 bits per heavy atom. The van der Waals surface area contributed by atoms with Gasteiger partial charge in [-0.1, -0.05) is 39.2 Å². The number of aromatic nitrogens is 1. The van der Waals surface area contributed by atoms with Crippen molar-refractivity contribution >= 4 is 0 Å². The van der Waals surface area contributed by atoms with E-state index in [2.05, 4.69) is 36.3 Å². The minimum absolute atomic E-state index is 0.298. The zero-order chi connectivity index (χ0) is 13.6. The molecule has 0 spiro atoms. The lowest BCUT2D eigenvalue weighted by atomic mass is 9.84. The molecule has 0 saturated carbocycles. The molecule has 1 atom stereocenters. The third-order valence-corrected chi connectivity index (χ3v) is 4.37. The second-order valence-electron chi connectivity index (χ2n) is 5.96. The van der Waals surface area contributed by atoms with E-state index in [9.17, 15) is 0 Å². The molecule has 19 heavy (non-hydrogen) atoms. The summed E-state index contributed by atoms with van der Waals surface area (Å²) in [6, 6.07) is 4.46. The van der Waals surface area contributed by atoms with E-state index in [0.717, 1.165) is 12.8 Å². The van der Waals surface area contributed by atoms with Gasteiger partial charge < -0.3 is 5.32 Å². The summed E-state index contributed by atoms with van der Waals surface area (Å²) in [5.74, 6) is 0. The van der Waals surface area contributed by atoms with Crippen LogP contribution < -0.4 is 5.32 Å². The minimum atomic E-state index is 0.298. The zero-order valence-electron chi connectivity index (χ0n) is 12.5. The van der Waals surface area contributed by atoms with E-state index in [0.29, 0.717) is 5.54 Å². The molecule has 1 aromatic heterocycles. The number of nitrogens with one attached hydrogen (secondary N) is 1. The van der Waals surface area contributed by atoms with Gasteiger partial charge in [0.25, 0.3) is 0 Å².